The molecule has 0 aromatic carbocycles. The van der Waals surface area contributed by atoms with E-state index in [4.69, 9.17) is 4.74 Å². The van der Waals surface area contributed by atoms with Crippen LogP contribution < -0.4 is 0 Å². The second-order valence-electron chi connectivity index (χ2n) is 5.77. The van der Waals surface area contributed by atoms with E-state index in [1.807, 2.05) is 20.8 Å². The van der Waals surface area contributed by atoms with Crippen LogP contribution in [-0.4, -0.2) is 34.7 Å². The second kappa shape index (κ2) is 5.79. The van der Waals surface area contributed by atoms with Gasteiger partial charge in [0.1, 0.15) is 5.60 Å². The number of amides is 1. The molecule has 0 radical (unpaired) electrons. The van der Waals surface area contributed by atoms with Crippen molar-refractivity contribution in [2.24, 2.45) is 0 Å². The number of thiazole rings is 1. The van der Waals surface area contributed by atoms with Gasteiger partial charge in [0.25, 0.3) is 0 Å². The fourth-order valence-electron chi connectivity index (χ4n) is 2.14. The van der Waals surface area contributed by atoms with Gasteiger partial charge in [0.2, 0.25) is 0 Å². The van der Waals surface area contributed by atoms with Gasteiger partial charge in [-0.3, -0.25) is 0 Å². The molecule has 0 bridgehead atoms. The highest BCUT2D eigenvalue weighted by molar-refractivity contribution is 9.11. The van der Waals surface area contributed by atoms with Gasteiger partial charge in [-0.1, -0.05) is 0 Å². The molecule has 2 rings (SSSR count). The van der Waals surface area contributed by atoms with Gasteiger partial charge in [-0.15, -0.1) is 11.3 Å². The third-order valence-electron chi connectivity index (χ3n) is 3.06. The quantitative estimate of drug-likeness (QED) is 0.771. The maximum atomic E-state index is 11.9. The Morgan fingerprint density at radius 1 is 1.47 bits per heavy atom. The smallest absolute Gasteiger partial charge is 0.410 e. The molecular formula is C13H19BrN2O2S. The van der Waals surface area contributed by atoms with Gasteiger partial charge in [0, 0.05) is 24.4 Å². The molecule has 19 heavy (non-hydrogen) atoms. The van der Waals surface area contributed by atoms with E-state index in [2.05, 4.69) is 26.3 Å². The number of carbonyl (C=O) groups is 1. The first-order chi connectivity index (χ1) is 8.85. The van der Waals surface area contributed by atoms with Crippen LogP contribution in [0.5, 0.6) is 0 Å². The Morgan fingerprint density at radius 3 is 2.58 bits per heavy atom. The Balaban J connectivity index is 1.87. The number of aromatic nitrogens is 1. The molecule has 1 fully saturated rings. The van der Waals surface area contributed by atoms with Gasteiger partial charge in [-0.05, 0) is 49.5 Å². The lowest BCUT2D eigenvalue weighted by Crippen LogP contribution is -2.41. The lowest BCUT2D eigenvalue weighted by atomic mass is 9.94. The molecule has 1 amide bonds. The molecule has 0 atom stereocenters. The molecule has 6 heteroatoms. The van der Waals surface area contributed by atoms with E-state index in [0.717, 1.165) is 35.5 Å². The van der Waals surface area contributed by atoms with E-state index in [1.54, 1.807) is 16.2 Å². The number of nitrogens with zero attached hydrogens (tertiary/aromatic N) is 2. The van der Waals surface area contributed by atoms with Crippen LogP contribution in [0.4, 0.5) is 4.79 Å². The van der Waals surface area contributed by atoms with Crippen LogP contribution in [-0.2, 0) is 4.74 Å². The Labute approximate surface area is 126 Å². The standard InChI is InChI=1S/C13H19BrN2O2S/c1-13(2,3)18-12(17)16-6-4-9(5-7-16)10-8-19-11(14)15-10/h8-9H,4-7H2,1-3H3. The summed E-state index contributed by atoms with van der Waals surface area (Å²) in [6.07, 6.45) is 1.70. The summed E-state index contributed by atoms with van der Waals surface area (Å²) >= 11 is 5.00. The number of piperidine rings is 1. The molecule has 1 aliphatic heterocycles. The minimum Gasteiger partial charge on any atom is -0.444 e. The monoisotopic (exact) mass is 346 g/mol. The van der Waals surface area contributed by atoms with Crippen LogP contribution in [0.15, 0.2) is 9.30 Å². The molecule has 1 aromatic heterocycles. The van der Waals surface area contributed by atoms with Crippen LogP contribution in [0.3, 0.4) is 0 Å². The summed E-state index contributed by atoms with van der Waals surface area (Å²) in [4.78, 5) is 18.2. The average molecular weight is 347 g/mol. The van der Waals surface area contributed by atoms with Crippen molar-refractivity contribution in [3.8, 4) is 0 Å². The van der Waals surface area contributed by atoms with Gasteiger partial charge in [-0.2, -0.15) is 0 Å². The van der Waals surface area contributed by atoms with Crippen LogP contribution >= 0.6 is 27.3 Å². The SMILES string of the molecule is CC(C)(C)OC(=O)N1CCC(c2csc(Br)n2)CC1. The number of carbonyl (C=O) groups excluding carboxylic acids is 1. The van der Waals surface area contributed by atoms with Crippen molar-refractivity contribution in [1.29, 1.82) is 0 Å². The van der Waals surface area contributed by atoms with Crippen molar-refractivity contribution in [1.82, 2.24) is 9.88 Å². The highest BCUT2D eigenvalue weighted by Gasteiger charge is 2.28. The molecule has 0 spiro atoms. The molecule has 0 N–H and O–H groups in total. The summed E-state index contributed by atoms with van der Waals surface area (Å²) in [5, 5.41) is 2.10. The molecule has 106 valence electrons. The van der Waals surface area contributed by atoms with Crippen LogP contribution in [0.25, 0.3) is 0 Å². The molecule has 2 heterocycles. The molecule has 0 saturated carbocycles. The molecular weight excluding hydrogens is 328 g/mol. The maximum Gasteiger partial charge on any atom is 0.410 e. The predicted octanol–water partition coefficient (Wildman–Crippen LogP) is 4.02. The van der Waals surface area contributed by atoms with E-state index in [-0.39, 0.29) is 6.09 Å². The second-order valence-corrected chi connectivity index (χ2v) is 7.90. The van der Waals surface area contributed by atoms with Gasteiger partial charge in [0.15, 0.2) is 3.92 Å². The number of hydrogen-bond acceptors (Lipinski definition) is 4. The van der Waals surface area contributed by atoms with Gasteiger partial charge in [0.05, 0.1) is 5.69 Å². The van der Waals surface area contributed by atoms with Crippen molar-refractivity contribution in [3.05, 3.63) is 15.0 Å². The summed E-state index contributed by atoms with van der Waals surface area (Å²) < 4.78 is 6.32. The normalized spacial score (nSPS) is 17.6. The highest BCUT2D eigenvalue weighted by Crippen LogP contribution is 2.30. The Kier molecular flexibility index (Phi) is 4.50. The largest absolute Gasteiger partial charge is 0.444 e. The summed E-state index contributed by atoms with van der Waals surface area (Å²) in [6, 6.07) is 0. The van der Waals surface area contributed by atoms with Crippen molar-refractivity contribution in [3.63, 3.8) is 0 Å². The zero-order valence-electron chi connectivity index (χ0n) is 11.5. The first-order valence-corrected chi connectivity index (χ1v) is 8.11. The first kappa shape index (κ1) is 14.8. The lowest BCUT2D eigenvalue weighted by molar-refractivity contribution is 0.0204. The molecule has 0 unspecified atom stereocenters. The average Bonchev–Trinajstić information content (AvgIpc) is 2.74. The number of rotatable bonds is 1. The van der Waals surface area contributed by atoms with Crippen molar-refractivity contribution in [2.75, 3.05) is 13.1 Å². The number of halogens is 1. The number of likely N-dealkylation sites (tertiary alicyclic amines) is 1. The number of ether oxygens (including phenoxy) is 1. The molecule has 1 saturated heterocycles. The predicted molar refractivity (Wildman–Crippen MR) is 79.6 cm³/mol. The number of hydrogen-bond donors (Lipinski definition) is 0. The Morgan fingerprint density at radius 2 is 2.11 bits per heavy atom. The van der Waals surface area contributed by atoms with E-state index in [0.29, 0.717) is 5.92 Å². The zero-order valence-corrected chi connectivity index (χ0v) is 13.9. The third-order valence-corrected chi connectivity index (χ3v) is 4.44. The summed E-state index contributed by atoms with van der Waals surface area (Å²) in [5.41, 5.74) is 0.717. The van der Waals surface area contributed by atoms with Crippen molar-refractivity contribution < 1.29 is 9.53 Å². The van der Waals surface area contributed by atoms with E-state index in [9.17, 15) is 4.79 Å². The van der Waals surface area contributed by atoms with E-state index in [1.165, 1.54) is 0 Å². The fourth-order valence-corrected chi connectivity index (χ4v) is 3.24. The molecule has 4 nitrogen and oxygen atoms in total. The molecule has 1 aromatic rings. The molecule has 1 aliphatic rings. The third kappa shape index (κ3) is 4.18. The fraction of sp³-hybridized carbons (Fsp3) is 0.692. The van der Waals surface area contributed by atoms with Crippen molar-refractivity contribution in [2.45, 2.75) is 45.1 Å². The van der Waals surface area contributed by atoms with Crippen molar-refractivity contribution >= 4 is 33.4 Å². The van der Waals surface area contributed by atoms with Crippen LogP contribution in [0, 0.1) is 0 Å². The summed E-state index contributed by atoms with van der Waals surface area (Å²) in [6.45, 7) is 7.17. The Hall–Kier alpha value is -0.620. The van der Waals surface area contributed by atoms with Gasteiger partial charge >= 0.3 is 6.09 Å². The van der Waals surface area contributed by atoms with Crippen LogP contribution in [0.1, 0.15) is 45.2 Å². The highest BCUT2D eigenvalue weighted by atomic mass is 79.9. The lowest BCUT2D eigenvalue weighted by Gasteiger charge is -2.32. The Bertz CT molecular complexity index is 448. The van der Waals surface area contributed by atoms with E-state index >= 15 is 0 Å². The summed E-state index contributed by atoms with van der Waals surface area (Å²) in [5.74, 6) is 0.459. The minimum atomic E-state index is -0.423. The summed E-state index contributed by atoms with van der Waals surface area (Å²) in [7, 11) is 0. The van der Waals surface area contributed by atoms with Crippen LogP contribution in [0.2, 0.25) is 0 Å². The first-order valence-electron chi connectivity index (χ1n) is 6.44. The van der Waals surface area contributed by atoms with Gasteiger partial charge in [-0.25, -0.2) is 9.78 Å². The van der Waals surface area contributed by atoms with E-state index < -0.39 is 5.60 Å². The minimum absolute atomic E-state index is 0.203. The maximum absolute atomic E-state index is 11.9. The molecule has 0 aliphatic carbocycles. The van der Waals surface area contributed by atoms with Gasteiger partial charge < -0.3 is 9.64 Å². The topological polar surface area (TPSA) is 42.4 Å². The zero-order chi connectivity index (χ0) is 14.0.